The molecule has 0 aliphatic carbocycles. The summed E-state index contributed by atoms with van der Waals surface area (Å²) in [7, 11) is 0. The number of ether oxygens (including phenoxy) is 1. The lowest BCUT2D eigenvalue weighted by Crippen LogP contribution is -2.42. The van der Waals surface area contributed by atoms with Gasteiger partial charge in [0.2, 0.25) is 5.91 Å². The predicted molar refractivity (Wildman–Crippen MR) is 53.4 cm³/mol. The molecule has 1 aliphatic rings. The van der Waals surface area contributed by atoms with Crippen molar-refractivity contribution in [3.05, 3.63) is 12.7 Å². The van der Waals surface area contributed by atoms with Gasteiger partial charge in [0.1, 0.15) is 12.6 Å². The molecule has 0 aromatic carbocycles. The molecule has 0 spiro atoms. The van der Waals surface area contributed by atoms with Crippen LogP contribution >= 0.6 is 0 Å². The van der Waals surface area contributed by atoms with E-state index in [1.165, 1.54) is 4.90 Å². The molecule has 5 heteroatoms. The molecule has 5 nitrogen and oxygen atoms in total. The molecule has 1 rings (SSSR count). The summed E-state index contributed by atoms with van der Waals surface area (Å²) >= 11 is 0. The zero-order valence-corrected chi connectivity index (χ0v) is 8.52. The Morgan fingerprint density at radius 1 is 1.60 bits per heavy atom. The van der Waals surface area contributed by atoms with Crippen LogP contribution in [0.5, 0.6) is 0 Å². The molecule has 1 amide bonds. The number of nitrogens with zero attached hydrogens (tertiary/aromatic N) is 1. The van der Waals surface area contributed by atoms with Gasteiger partial charge in [0.25, 0.3) is 0 Å². The minimum absolute atomic E-state index is 0.0736. The van der Waals surface area contributed by atoms with E-state index in [1.807, 2.05) is 0 Å². The van der Waals surface area contributed by atoms with Crippen LogP contribution in [-0.2, 0) is 14.3 Å². The Kier molecular flexibility index (Phi) is 4.30. The quantitative estimate of drug-likeness (QED) is 0.525. The number of carboxylic acid groups (broad SMARTS) is 1. The van der Waals surface area contributed by atoms with Crippen LogP contribution in [0.1, 0.15) is 12.8 Å². The SMILES string of the molecule is C=CCOCC(=O)N1CCC[C@H]1C(=O)O. The highest BCUT2D eigenvalue weighted by molar-refractivity contribution is 5.84. The van der Waals surface area contributed by atoms with Crippen LogP contribution in [0.3, 0.4) is 0 Å². The number of rotatable bonds is 5. The fourth-order valence-electron chi connectivity index (χ4n) is 1.63. The zero-order chi connectivity index (χ0) is 11.3. The Morgan fingerprint density at radius 2 is 2.33 bits per heavy atom. The minimum Gasteiger partial charge on any atom is -0.480 e. The highest BCUT2D eigenvalue weighted by atomic mass is 16.5. The van der Waals surface area contributed by atoms with Gasteiger partial charge in [-0.05, 0) is 12.8 Å². The molecule has 15 heavy (non-hydrogen) atoms. The second kappa shape index (κ2) is 5.50. The number of amides is 1. The smallest absolute Gasteiger partial charge is 0.326 e. The summed E-state index contributed by atoms with van der Waals surface area (Å²) < 4.78 is 4.98. The van der Waals surface area contributed by atoms with Gasteiger partial charge in [-0.3, -0.25) is 4.79 Å². The average Bonchev–Trinajstić information content (AvgIpc) is 2.66. The molecule has 1 fully saturated rings. The van der Waals surface area contributed by atoms with Gasteiger partial charge in [0, 0.05) is 6.54 Å². The summed E-state index contributed by atoms with van der Waals surface area (Å²) in [5, 5.41) is 8.85. The summed E-state index contributed by atoms with van der Waals surface area (Å²) in [6, 6.07) is -0.676. The first-order chi connectivity index (χ1) is 7.16. The van der Waals surface area contributed by atoms with E-state index >= 15 is 0 Å². The van der Waals surface area contributed by atoms with E-state index in [0.29, 0.717) is 19.6 Å². The molecule has 0 aromatic rings. The number of aliphatic carboxylic acids is 1. The standard InChI is InChI=1S/C10H15NO4/c1-2-6-15-7-9(12)11-5-3-4-8(11)10(13)14/h2,8H,1,3-7H2,(H,13,14)/t8-/m0/s1. The summed E-state index contributed by atoms with van der Waals surface area (Å²) in [6.45, 7) is 4.19. The first kappa shape index (κ1) is 11.7. The van der Waals surface area contributed by atoms with Gasteiger partial charge >= 0.3 is 5.97 Å². The highest BCUT2D eigenvalue weighted by Crippen LogP contribution is 2.17. The lowest BCUT2D eigenvalue weighted by molar-refractivity contribution is -0.149. The van der Waals surface area contributed by atoms with Crippen molar-refractivity contribution in [3.63, 3.8) is 0 Å². The zero-order valence-electron chi connectivity index (χ0n) is 8.52. The Hall–Kier alpha value is -1.36. The van der Waals surface area contributed by atoms with Gasteiger partial charge < -0.3 is 14.7 Å². The summed E-state index contributed by atoms with van der Waals surface area (Å²) in [4.78, 5) is 23.7. The molecule has 1 atom stereocenters. The second-order valence-corrected chi connectivity index (χ2v) is 3.39. The lowest BCUT2D eigenvalue weighted by atomic mass is 10.2. The lowest BCUT2D eigenvalue weighted by Gasteiger charge is -2.20. The fraction of sp³-hybridized carbons (Fsp3) is 0.600. The summed E-state index contributed by atoms with van der Waals surface area (Å²) in [6.07, 6.45) is 2.82. The topological polar surface area (TPSA) is 66.8 Å². The molecule has 84 valence electrons. The number of carbonyl (C=O) groups is 2. The third-order valence-corrected chi connectivity index (χ3v) is 2.32. The fourth-order valence-corrected chi connectivity index (χ4v) is 1.63. The van der Waals surface area contributed by atoms with Crippen LogP contribution in [0.4, 0.5) is 0 Å². The third kappa shape index (κ3) is 3.06. The number of carboxylic acids is 1. The predicted octanol–water partition coefficient (Wildman–Crippen LogP) is 0.265. The number of likely N-dealkylation sites (tertiary alicyclic amines) is 1. The molecular weight excluding hydrogens is 198 g/mol. The monoisotopic (exact) mass is 213 g/mol. The van der Waals surface area contributed by atoms with Gasteiger partial charge in [0.05, 0.1) is 6.61 Å². The van der Waals surface area contributed by atoms with Crippen molar-refractivity contribution >= 4 is 11.9 Å². The first-order valence-electron chi connectivity index (χ1n) is 4.87. The van der Waals surface area contributed by atoms with Crippen LogP contribution in [-0.4, -0.2) is 47.7 Å². The molecule has 1 aliphatic heterocycles. The van der Waals surface area contributed by atoms with Crippen molar-refractivity contribution < 1.29 is 19.4 Å². The normalized spacial score (nSPS) is 20.3. The minimum atomic E-state index is -0.940. The maximum atomic E-state index is 11.5. The van der Waals surface area contributed by atoms with E-state index in [-0.39, 0.29) is 12.5 Å². The molecule has 0 unspecified atom stereocenters. The van der Waals surface area contributed by atoms with E-state index in [1.54, 1.807) is 6.08 Å². The van der Waals surface area contributed by atoms with Gasteiger partial charge in [-0.15, -0.1) is 6.58 Å². The van der Waals surface area contributed by atoms with E-state index in [4.69, 9.17) is 9.84 Å². The van der Waals surface area contributed by atoms with Crippen molar-refractivity contribution in [2.45, 2.75) is 18.9 Å². The molecular formula is C10H15NO4. The van der Waals surface area contributed by atoms with Gasteiger partial charge in [-0.1, -0.05) is 6.08 Å². The average molecular weight is 213 g/mol. The van der Waals surface area contributed by atoms with E-state index in [9.17, 15) is 9.59 Å². The molecule has 0 aromatic heterocycles. The summed E-state index contributed by atoms with van der Waals surface area (Å²) in [5.41, 5.74) is 0. The Labute approximate surface area is 88.3 Å². The van der Waals surface area contributed by atoms with Gasteiger partial charge in [-0.2, -0.15) is 0 Å². The van der Waals surface area contributed by atoms with Crippen molar-refractivity contribution in [2.75, 3.05) is 19.8 Å². The van der Waals surface area contributed by atoms with E-state index in [0.717, 1.165) is 6.42 Å². The number of hydrogen-bond acceptors (Lipinski definition) is 3. The van der Waals surface area contributed by atoms with Crippen molar-refractivity contribution in [3.8, 4) is 0 Å². The van der Waals surface area contributed by atoms with Gasteiger partial charge in [-0.25, -0.2) is 4.79 Å². The summed E-state index contributed by atoms with van der Waals surface area (Å²) in [5.74, 6) is -1.20. The Balaban J connectivity index is 2.43. The van der Waals surface area contributed by atoms with Crippen molar-refractivity contribution in [2.24, 2.45) is 0 Å². The van der Waals surface area contributed by atoms with E-state index in [2.05, 4.69) is 6.58 Å². The highest BCUT2D eigenvalue weighted by Gasteiger charge is 2.33. The van der Waals surface area contributed by atoms with Crippen LogP contribution in [0.25, 0.3) is 0 Å². The largest absolute Gasteiger partial charge is 0.480 e. The van der Waals surface area contributed by atoms with E-state index < -0.39 is 12.0 Å². The van der Waals surface area contributed by atoms with Crippen LogP contribution in [0.2, 0.25) is 0 Å². The maximum Gasteiger partial charge on any atom is 0.326 e. The Bertz CT molecular complexity index is 264. The van der Waals surface area contributed by atoms with Crippen molar-refractivity contribution in [1.29, 1.82) is 0 Å². The van der Waals surface area contributed by atoms with Crippen LogP contribution < -0.4 is 0 Å². The second-order valence-electron chi connectivity index (χ2n) is 3.39. The molecule has 1 N–H and O–H groups in total. The molecule has 1 saturated heterocycles. The van der Waals surface area contributed by atoms with Crippen molar-refractivity contribution in [1.82, 2.24) is 4.90 Å². The molecule has 0 radical (unpaired) electrons. The maximum absolute atomic E-state index is 11.5. The molecule has 1 heterocycles. The number of hydrogen-bond donors (Lipinski definition) is 1. The van der Waals surface area contributed by atoms with Gasteiger partial charge in [0.15, 0.2) is 0 Å². The third-order valence-electron chi connectivity index (χ3n) is 2.32. The van der Waals surface area contributed by atoms with Crippen LogP contribution in [0, 0.1) is 0 Å². The number of carbonyl (C=O) groups excluding carboxylic acids is 1. The molecule has 0 bridgehead atoms. The van der Waals surface area contributed by atoms with Crippen LogP contribution in [0.15, 0.2) is 12.7 Å². The first-order valence-corrected chi connectivity index (χ1v) is 4.87. The molecule has 0 saturated carbocycles. The Morgan fingerprint density at radius 3 is 2.93 bits per heavy atom.